The van der Waals surface area contributed by atoms with E-state index >= 15 is 0 Å². The number of carboxylic acids is 1. The van der Waals surface area contributed by atoms with Gasteiger partial charge in [0.2, 0.25) is 5.91 Å². The van der Waals surface area contributed by atoms with Crippen molar-refractivity contribution in [2.45, 2.75) is 19.3 Å². The normalized spacial score (nSPS) is 14.0. The highest BCUT2D eigenvalue weighted by molar-refractivity contribution is 7.13. The van der Waals surface area contributed by atoms with Gasteiger partial charge in [-0.25, -0.2) is 9.78 Å². The van der Waals surface area contributed by atoms with Crippen LogP contribution in [-0.4, -0.2) is 32.2 Å². The van der Waals surface area contributed by atoms with Crippen LogP contribution in [-0.2, 0) is 4.79 Å². The molecule has 0 radical (unpaired) electrons. The SMILES string of the molecule is O=C(CC1=C(O)CCC(O)=C1)Nc1ccc(Cl)c(-c2nc(C(=O)O)cs2)c1Cl. The monoisotopic (exact) mass is 440 g/mol. The van der Waals surface area contributed by atoms with Crippen molar-refractivity contribution in [3.63, 3.8) is 0 Å². The Morgan fingerprint density at radius 1 is 1.21 bits per heavy atom. The topological polar surface area (TPSA) is 120 Å². The molecule has 0 unspecified atom stereocenters. The number of aromatic carboxylic acids is 1. The van der Waals surface area contributed by atoms with E-state index in [2.05, 4.69) is 10.3 Å². The molecule has 0 atom stereocenters. The predicted octanol–water partition coefficient (Wildman–Crippen LogP) is 5.19. The molecule has 4 N–H and O–H groups in total. The fourth-order valence-corrected chi connectivity index (χ4v) is 4.18. The lowest BCUT2D eigenvalue weighted by atomic mass is 10.0. The van der Waals surface area contributed by atoms with Crippen molar-refractivity contribution >= 4 is 52.1 Å². The van der Waals surface area contributed by atoms with Gasteiger partial charge in [0.05, 0.1) is 33.7 Å². The number of halogens is 2. The molecule has 0 aliphatic heterocycles. The van der Waals surface area contributed by atoms with Crippen molar-refractivity contribution < 1.29 is 24.9 Å². The van der Waals surface area contributed by atoms with Crippen molar-refractivity contribution in [1.82, 2.24) is 4.98 Å². The summed E-state index contributed by atoms with van der Waals surface area (Å²) in [6, 6.07) is 3.03. The Labute approximate surface area is 173 Å². The molecule has 7 nitrogen and oxygen atoms in total. The van der Waals surface area contributed by atoms with E-state index in [9.17, 15) is 19.8 Å². The van der Waals surface area contributed by atoms with Gasteiger partial charge >= 0.3 is 5.97 Å². The second-order valence-electron chi connectivity index (χ2n) is 5.96. The molecule has 0 saturated carbocycles. The third-order valence-corrected chi connectivity index (χ3v) is 5.55. The molecule has 1 amide bonds. The van der Waals surface area contributed by atoms with Crippen LogP contribution in [0.3, 0.4) is 0 Å². The van der Waals surface area contributed by atoms with E-state index in [0.717, 1.165) is 11.3 Å². The van der Waals surface area contributed by atoms with Crippen molar-refractivity contribution in [1.29, 1.82) is 0 Å². The number of carbonyl (C=O) groups excluding carboxylic acids is 1. The fourth-order valence-electron chi connectivity index (χ4n) is 2.62. The number of rotatable bonds is 5. The average molecular weight is 441 g/mol. The van der Waals surface area contributed by atoms with Crippen LogP contribution in [0.15, 0.2) is 40.7 Å². The number of carbonyl (C=O) groups is 2. The lowest BCUT2D eigenvalue weighted by molar-refractivity contribution is -0.115. The zero-order valence-corrected chi connectivity index (χ0v) is 16.5. The van der Waals surface area contributed by atoms with E-state index < -0.39 is 11.9 Å². The smallest absolute Gasteiger partial charge is 0.355 e. The zero-order valence-electron chi connectivity index (χ0n) is 14.2. The lowest BCUT2D eigenvalue weighted by Gasteiger charge is -2.14. The molecule has 0 bridgehead atoms. The summed E-state index contributed by atoms with van der Waals surface area (Å²) in [7, 11) is 0. The summed E-state index contributed by atoms with van der Waals surface area (Å²) in [4.78, 5) is 27.4. The summed E-state index contributed by atoms with van der Waals surface area (Å²) in [6.07, 6.45) is 1.82. The van der Waals surface area contributed by atoms with Gasteiger partial charge in [0, 0.05) is 29.4 Å². The van der Waals surface area contributed by atoms with Crippen LogP contribution >= 0.6 is 34.5 Å². The Balaban J connectivity index is 1.85. The highest BCUT2D eigenvalue weighted by atomic mass is 35.5. The third-order valence-electron chi connectivity index (χ3n) is 3.98. The summed E-state index contributed by atoms with van der Waals surface area (Å²) in [5.74, 6) is -1.46. The highest BCUT2D eigenvalue weighted by Gasteiger charge is 2.20. The molecule has 0 saturated heterocycles. The van der Waals surface area contributed by atoms with E-state index in [1.165, 1.54) is 23.6 Å². The quantitative estimate of drug-likeness (QED) is 0.507. The van der Waals surface area contributed by atoms with Crippen molar-refractivity contribution in [2.24, 2.45) is 0 Å². The van der Waals surface area contributed by atoms with E-state index in [4.69, 9.17) is 28.3 Å². The molecule has 1 aliphatic rings. The first kappa shape index (κ1) is 20.2. The maximum absolute atomic E-state index is 12.4. The van der Waals surface area contributed by atoms with Crippen LogP contribution in [0, 0.1) is 0 Å². The van der Waals surface area contributed by atoms with Crippen LogP contribution in [0.4, 0.5) is 5.69 Å². The van der Waals surface area contributed by atoms with Gasteiger partial charge in [0.15, 0.2) is 5.69 Å². The maximum atomic E-state index is 12.4. The van der Waals surface area contributed by atoms with Crippen molar-refractivity contribution in [3.8, 4) is 10.6 Å². The number of allylic oxidation sites excluding steroid dienone is 3. The summed E-state index contributed by atoms with van der Waals surface area (Å²) in [6.45, 7) is 0. The van der Waals surface area contributed by atoms with Gasteiger partial charge in [0.25, 0.3) is 0 Å². The minimum Gasteiger partial charge on any atom is -0.512 e. The maximum Gasteiger partial charge on any atom is 0.355 e. The summed E-state index contributed by atoms with van der Waals surface area (Å²) in [5, 5.41) is 33.2. The van der Waals surface area contributed by atoms with E-state index in [1.807, 2.05) is 0 Å². The predicted molar refractivity (Wildman–Crippen MR) is 107 cm³/mol. The van der Waals surface area contributed by atoms with E-state index in [-0.39, 0.29) is 45.8 Å². The summed E-state index contributed by atoms with van der Waals surface area (Å²) in [5.41, 5.74) is 0.781. The molecule has 3 rings (SSSR count). The molecule has 10 heteroatoms. The van der Waals surface area contributed by atoms with E-state index in [1.54, 1.807) is 0 Å². The molecule has 1 heterocycles. The number of aromatic nitrogens is 1. The van der Waals surface area contributed by atoms with Crippen LogP contribution in [0.2, 0.25) is 10.0 Å². The highest BCUT2D eigenvalue weighted by Crippen LogP contribution is 2.40. The van der Waals surface area contributed by atoms with E-state index in [0.29, 0.717) is 22.6 Å². The number of amides is 1. The molecule has 1 aromatic heterocycles. The molecule has 146 valence electrons. The first-order valence-corrected chi connectivity index (χ1v) is 9.67. The minimum absolute atomic E-state index is 0.0554. The molecule has 0 spiro atoms. The van der Waals surface area contributed by atoms with Gasteiger partial charge in [0.1, 0.15) is 5.01 Å². The number of carboxylic acid groups (broad SMARTS) is 1. The second-order valence-corrected chi connectivity index (χ2v) is 7.60. The standard InChI is InChI=1S/C18H14Cl2N2O5S/c19-10-2-3-11(16(20)15(10)17-22-12(7-28-17)18(26)27)21-14(25)6-8-5-9(23)1-4-13(8)24/h2-3,5,7,23-24H,1,4,6H2,(H,21,25)(H,26,27). The number of benzene rings is 1. The molecule has 2 aromatic rings. The van der Waals surface area contributed by atoms with Gasteiger partial charge in [-0.15, -0.1) is 11.3 Å². The molecule has 1 aromatic carbocycles. The Morgan fingerprint density at radius 3 is 2.64 bits per heavy atom. The molecule has 28 heavy (non-hydrogen) atoms. The number of hydrogen-bond acceptors (Lipinski definition) is 6. The molecular weight excluding hydrogens is 427 g/mol. The Kier molecular flexibility index (Phi) is 5.93. The first-order valence-electron chi connectivity index (χ1n) is 8.03. The number of nitrogens with one attached hydrogen (secondary N) is 1. The van der Waals surface area contributed by atoms with Crippen LogP contribution in [0.1, 0.15) is 29.8 Å². The number of anilines is 1. The van der Waals surface area contributed by atoms with Crippen LogP contribution < -0.4 is 5.32 Å². The lowest BCUT2D eigenvalue weighted by Crippen LogP contribution is -2.14. The van der Waals surface area contributed by atoms with Gasteiger partial charge in [-0.3, -0.25) is 4.79 Å². The van der Waals surface area contributed by atoms with Gasteiger partial charge in [-0.2, -0.15) is 0 Å². The van der Waals surface area contributed by atoms with Crippen LogP contribution in [0.25, 0.3) is 10.6 Å². The third kappa shape index (κ3) is 4.30. The number of aliphatic hydroxyl groups excluding tert-OH is 2. The Bertz CT molecular complexity index is 1030. The van der Waals surface area contributed by atoms with Gasteiger partial charge < -0.3 is 20.6 Å². The van der Waals surface area contributed by atoms with Gasteiger partial charge in [-0.05, 0) is 18.2 Å². The molecule has 0 fully saturated rings. The second kappa shape index (κ2) is 8.22. The van der Waals surface area contributed by atoms with Crippen molar-refractivity contribution in [3.05, 3.63) is 56.4 Å². The largest absolute Gasteiger partial charge is 0.512 e. The Morgan fingerprint density at radius 2 is 1.96 bits per heavy atom. The number of aliphatic hydroxyl groups is 2. The summed E-state index contributed by atoms with van der Waals surface area (Å²) >= 11 is 13.6. The Hall–Kier alpha value is -2.55. The molecular formula is C18H14Cl2N2O5S. The van der Waals surface area contributed by atoms with Gasteiger partial charge in [-0.1, -0.05) is 23.2 Å². The number of hydrogen-bond donors (Lipinski definition) is 4. The number of thiazole rings is 1. The average Bonchev–Trinajstić information content (AvgIpc) is 3.11. The van der Waals surface area contributed by atoms with Crippen LogP contribution in [0.5, 0.6) is 0 Å². The fraction of sp³-hybridized carbons (Fsp3) is 0.167. The summed E-state index contributed by atoms with van der Waals surface area (Å²) < 4.78 is 0. The number of nitrogens with zero attached hydrogens (tertiary/aromatic N) is 1. The van der Waals surface area contributed by atoms with Crippen molar-refractivity contribution in [2.75, 3.05) is 5.32 Å². The minimum atomic E-state index is -1.17. The molecule has 1 aliphatic carbocycles. The first-order chi connectivity index (χ1) is 13.3. The zero-order chi connectivity index (χ0) is 20.4.